The molecular weight excluding hydrogens is 1390 g/mol. The molecule has 0 amide bonds. The Kier molecular flexibility index (Phi) is 20.1. The zero-order valence-corrected chi connectivity index (χ0v) is 66.3. The van der Waals surface area contributed by atoms with Crippen LogP contribution in [0.15, 0.2) is 310 Å². The van der Waals surface area contributed by atoms with E-state index in [9.17, 15) is 0 Å². The Balaban J connectivity index is 0.000000177. The van der Waals surface area contributed by atoms with E-state index in [1.54, 1.807) is 0 Å². The molecule has 0 saturated carbocycles. The van der Waals surface area contributed by atoms with Crippen LogP contribution in [0.5, 0.6) is 0 Å². The lowest BCUT2D eigenvalue weighted by molar-refractivity contribution is 0.310. The average Bonchev–Trinajstić information content (AvgIpc) is 1.26. The first kappa shape index (κ1) is 76.5. The second-order valence-corrected chi connectivity index (χ2v) is 34.2. The van der Waals surface area contributed by atoms with Crippen LogP contribution in [0.4, 0.5) is 11.4 Å². The van der Waals surface area contributed by atoms with Gasteiger partial charge in [-0.1, -0.05) is 280 Å². The number of amidine groups is 4. The molecule has 4 aliphatic rings. The van der Waals surface area contributed by atoms with E-state index in [2.05, 4.69) is 402 Å². The highest BCUT2D eigenvalue weighted by atomic mass is 79.9. The fourth-order valence-corrected chi connectivity index (χ4v) is 15.9. The summed E-state index contributed by atoms with van der Waals surface area (Å²) < 4.78 is 1.13. The smallest absolute Gasteiger partial charge is 0.136 e. The fourth-order valence-electron chi connectivity index (χ4n) is 15.6. The maximum Gasteiger partial charge on any atom is 0.136 e. The molecule has 0 aliphatic carbocycles. The molecule has 0 radical (unpaired) electrons. The van der Waals surface area contributed by atoms with Crippen LogP contribution in [0.2, 0.25) is 0 Å². The Labute approximate surface area is 656 Å². The molecule has 13 aromatic rings. The summed E-state index contributed by atoms with van der Waals surface area (Å²) in [4.78, 5) is 25.6. The second-order valence-electron chi connectivity index (χ2n) is 33.3. The number of hydrogen-bond acceptors (Lipinski definition) is 8. The van der Waals surface area contributed by atoms with E-state index in [1.807, 2.05) is 30.3 Å². The van der Waals surface area contributed by atoms with Crippen molar-refractivity contribution in [1.29, 1.82) is 0 Å². The molecule has 4 aliphatic heterocycles. The van der Waals surface area contributed by atoms with Crippen LogP contribution in [-0.4, -0.2) is 67.7 Å². The van der Waals surface area contributed by atoms with Gasteiger partial charge in [0.15, 0.2) is 0 Å². The quantitative estimate of drug-likeness (QED) is 0.134. The van der Waals surface area contributed by atoms with Crippen LogP contribution < -0.4 is 20.4 Å². The first-order chi connectivity index (χ1) is 51.0. The predicted molar refractivity (Wildman–Crippen MR) is 475 cm³/mol. The number of nitrogens with zero attached hydrogens (tertiary/aromatic N) is 6. The summed E-state index contributed by atoms with van der Waals surface area (Å²) in [5.74, 6) is 3.94. The van der Waals surface area contributed by atoms with Gasteiger partial charge in [-0.2, -0.15) is 0 Å². The van der Waals surface area contributed by atoms with Gasteiger partial charge in [0.2, 0.25) is 0 Å². The zero-order valence-electron chi connectivity index (χ0n) is 64.7. The molecule has 0 saturated heterocycles. The minimum absolute atomic E-state index is 0. The summed E-state index contributed by atoms with van der Waals surface area (Å²) >= 11 is 3.31. The van der Waals surface area contributed by atoms with Crippen molar-refractivity contribution >= 4 is 93.7 Å². The summed E-state index contributed by atoms with van der Waals surface area (Å²) in [6, 6.07) is 103. The Morgan fingerprint density at radius 1 is 0.239 bits per heavy atom. The molecule has 0 fully saturated rings. The highest BCUT2D eigenvalue weighted by Gasteiger charge is 2.51. The van der Waals surface area contributed by atoms with Crippen molar-refractivity contribution in [2.24, 2.45) is 20.0 Å². The van der Waals surface area contributed by atoms with Crippen LogP contribution in [0.3, 0.4) is 0 Å². The third kappa shape index (κ3) is 13.5. The minimum atomic E-state index is -0.268. The molecule has 0 unspecified atom stereocenters. The first-order valence-electron chi connectivity index (χ1n) is 37.6. The maximum atomic E-state index is 5.35. The molecular formula is C100H105BrN8. The van der Waals surface area contributed by atoms with Crippen LogP contribution >= 0.6 is 15.9 Å². The number of fused-ring (bicyclic) bond motifs is 4. The van der Waals surface area contributed by atoms with E-state index in [0.717, 1.165) is 61.4 Å². The van der Waals surface area contributed by atoms with Gasteiger partial charge in [-0.25, -0.2) is 0 Å². The first-order valence-corrected chi connectivity index (χ1v) is 38.4. The number of hydrogen-bond donors (Lipinski definition) is 2. The van der Waals surface area contributed by atoms with Gasteiger partial charge in [-0.05, 0) is 235 Å². The van der Waals surface area contributed by atoms with Crippen LogP contribution in [-0.2, 0) is 0 Å². The molecule has 109 heavy (non-hydrogen) atoms. The Hall–Kier alpha value is -10.7. The summed E-state index contributed by atoms with van der Waals surface area (Å²) in [7, 11) is 0. The maximum absolute atomic E-state index is 5.35. The zero-order chi connectivity index (χ0) is 75.2. The summed E-state index contributed by atoms with van der Waals surface area (Å²) in [5, 5.41) is 17.3. The highest BCUT2D eigenvalue weighted by Crippen LogP contribution is 2.49. The van der Waals surface area contributed by atoms with E-state index in [4.69, 9.17) is 20.0 Å². The number of benzene rings is 13. The summed E-state index contributed by atoms with van der Waals surface area (Å²) in [6.07, 6.45) is 0. The number of aliphatic imine (C=N–C) groups is 4. The molecule has 8 nitrogen and oxygen atoms in total. The van der Waals surface area contributed by atoms with Gasteiger partial charge >= 0.3 is 0 Å². The van der Waals surface area contributed by atoms with E-state index in [-0.39, 0.29) is 59.2 Å². The van der Waals surface area contributed by atoms with Crippen LogP contribution in [0, 0.1) is 0 Å². The van der Waals surface area contributed by atoms with Crippen LogP contribution in [0.1, 0.15) is 148 Å². The molecule has 2 N–H and O–H groups in total. The van der Waals surface area contributed by atoms with Gasteiger partial charge < -0.3 is 20.4 Å². The monoisotopic (exact) mass is 1500 g/mol. The summed E-state index contributed by atoms with van der Waals surface area (Å²) in [6.45, 7) is 35.7. The van der Waals surface area contributed by atoms with Gasteiger partial charge in [-0.3, -0.25) is 20.0 Å². The molecule has 0 aromatic heterocycles. The van der Waals surface area contributed by atoms with Gasteiger partial charge in [0, 0.05) is 38.1 Å². The molecule has 17 rings (SSSR count). The number of para-hydroxylation sites is 2. The summed E-state index contributed by atoms with van der Waals surface area (Å²) in [5.41, 5.74) is 15.1. The van der Waals surface area contributed by atoms with Crippen molar-refractivity contribution in [2.45, 2.75) is 170 Å². The van der Waals surface area contributed by atoms with Crippen molar-refractivity contribution in [3.8, 4) is 44.5 Å². The molecule has 13 aromatic carbocycles. The third-order valence-electron chi connectivity index (χ3n) is 24.4. The minimum Gasteiger partial charge on any atom is -0.363 e. The lowest BCUT2D eigenvalue weighted by Gasteiger charge is -2.41. The van der Waals surface area contributed by atoms with E-state index in [1.165, 1.54) is 87.6 Å². The lowest BCUT2D eigenvalue weighted by atomic mass is 9.83. The lowest BCUT2D eigenvalue weighted by Crippen LogP contribution is -2.53. The largest absolute Gasteiger partial charge is 0.363 e. The van der Waals surface area contributed by atoms with Crippen molar-refractivity contribution in [1.82, 2.24) is 10.6 Å². The van der Waals surface area contributed by atoms with Gasteiger partial charge in [0.05, 0.1) is 44.3 Å². The number of nitrogens with one attached hydrogen (secondary N) is 2. The van der Waals surface area contributed by atoms with E-state index < -0.39 is 0 Å². The Bertz CT molecular complexity index is 5220. The Morgan fingerprint density at radius 3 is 0.661 bits per heavy atom. The van der Waals surface area contributed by atoms with Crippen molar-refractivity contribution in [3.63, 3.8) is 0 Å². The van der Waals surface area contributed by atoms with Crippen molar-refractivity contribution < 1.29 is 0 Å². The SMILES string of the molecule is Brc1ccccc1.C.C.CC1(C)N=C(c2ccc(-c3c4ccccc4c(-c4ccc(C5=NC(C)(C)C(C)(C)N5)cc4)c4ccccc34)cc2)NC1(C)C.CC1(C)N=C(c2ccc(-c3c4ccccc4c(-c4ccc(C5=NC(C)(C)C(C)(C)N5c5ccccc5)cc4)c4ccccc34)cc2)N(c2ccccc2)C1(C)C. The molecule has 0 spiro atoms. The molecule has 0 bridgehead atoms. The number of rotatable bonds is 10. The molecule has 4 heterocycles. The van der Waals surface area contributed by atoms with E-state index in [0.29, 0.717) is 0 Å². The van der Waals surface area contributed by atoms with Gasteiger partial charge in [-0.15, -0.1) is 0 Å². The fraction of sp³-hybridized carbons (Fsp3) is 0.260. The third-order valence-corrected chi connectivity index (χ3v) is 24.9. The van der Waals surface area contributed by atoms with Gasteiger partial charge in [0.25, 0.3) is 0 Å². The number of anilines is 2. The topological polar surface area (TPSA) is 80.0 Å². The number of halogens is 1. The van der Waals surface area contributed by atoms with Crippen molar-refractivity contribution in [3.05, 3.63) is 312 Å². The molecule has 0 atom stereocenters. The average molecular weight is 1500 g/mol. The highest BCUT2D eigenvalue weighted by molar-refractivity contribution is 9.10. The normalized spacial score (nSPS) is 17.6. The predicted octanol–water partition coefficient (Wildman–Crippen LogP) is 25.8. The molecule has 9 heteroatoms. The molecule has 552 valence electrons. The van der Waals surface area contributed by atoms with Crippen molar-refractivity contribution in [2.75, 3.05) is 9.80 Å². The van der Waals surface area contributed by atoms with Gasteiger partial charge in [0.1, 0.15) is 23.3 Å². The van der Waals surface area contributed by atoms with E-state index >= 15 is 0 Å². The van der Waals surface area contributed by atoms with Crippen LogP contribution in [0.25, 0.3) is 87.6 Å². The Morgan fingerprint density at radius 2 is 0.450 bits per heavy atom. The second kappa shape index (κ2) is 28.7. The standard InChI is InChI=1S/C52H50N4.C40H42N4.C6H5Br.2CH4/c1-49(2)51(5,6)55(39-19-11-9-12-20-39)47(53-49)37-31-27-35(28-32-37)45-41-23-15-17-25-43(41)46(44-26-18-16-24-42(44)45)36-29-33-38(34-30-36)48-54-50(3,4)52(7,8)56(48)40-21-13-10-14-22-40;1-37(2)38(3,4)42-35(41-37)27-21-17-25(18-22-27)33-29-13-9-11-15-31(29)34(32-16-12-10-14-30(32)33)26-19-23-28(24-20-26)36-43-39(5,6)40(7,8)44-36;7-6-4-2-1-3-5-6;;/h9-34H,1-8H3;9-24H,1-8H3,(H,41,42)(H,43,44);1-5H;2*1H4.